The van der Waals surface area contributed by atoms with Gasteiger partial charge >= 0.3 is 5.69 Å². The van der Waals surface area contributed by atoms with Crippen LogP contribution in [0.3, 0.4) is 0 Å². The van der Waals surface area contributed by atoms with Gasteiger partial charge in [-0.1, -0.05) is 0 Å². The van der Waals surface area contributed by atoms with Gasteiger partial charge in [0, 0.05) is 30.3 Å². The van der Waals surface area contributed by atoms with Crippen molar-refractivity contribution in [3.8, 4) is 0 Å². The van der Waals surface area contributed by atoms with Crippen molar-refractivity contribution in [3.63, 3.8) is 0 Å². The number of rotatable bonds is 6. The van der Waals surface area contributed by atoms with E-state index in [1.165, 1.54) is 0 Å². The van der Waals surface area contributed by atoms with Crippen molar-refractivity contribution in [2.75, 3.05) is 0 Å². The number of aliphatic hydroxyl groups is 1. The van der Waals surface area contributed by atoms with E-state index in [0.717, 1.165) is 6.07 Å². The van der Waals surface area contributed by atoms with E-state index in [1.807, 2.05) is 0 Å². The monoisotopic (exact) mass is 274 g/mol. The standard InChI is InChI=1S/C12H16F2N2O3/c1-7(3-8(2)17)15-6-9-4-12(16(18)19)11(14)5-10(9)13/h4-5,7-8,15,17H,3,6H2,1-2H3. The van der Waals surface area contributed by atoms with Gasteiger partial charge in [-0.15, -0.1) is 0 Å². The predicted molar refractivity (Wildman–Crippen MR) is 65.6 cm³/mol. The smallest absolute Gasteiger partial charge is 0.305 e. The summed E-state index contributed by atoms with van der Waals surface area (Å²) in [5.74, 6) is -2.02. The minimum absolute atomic E-state index is 0.0190. The lowest BCUT2D eigenvalue weighted by Crippen LogP contribution is -2.29. The predicted octanol–water partition coefficient (Wildman–Crippen LogP) is 2.12. The molecular formula is C12H16F2N2O3. The van der Waals surface area contributed by atoms with Crippen molar-refractivity contribution in [2.45, 2.75) is 39.0 Å². The van der Waals surface area contributed by atoms with E-state index in [-0.39, 0.29) is 18.2 Å². The average molecular weight is 274 g/mol. The zero-order valence-electron chi connectivity index (χ0n) is 10.7. The molecule has 0 saturated heterocycles. The molecule has 1 rings (SSSR count). The highest BCUT2D eigenvalue weighted by molar-refractivity contribution is 5.37. The number of hydrogen-bond acceptors (Lipinski definition) is 4. The van der Waals surface area contributed by atoms with Crippen molar-refractivity contribution in [1.29, 1.82) is 0 Å². The molecule has 0 spiro atoms. The SMILES string of the molecule is CC(O)CC(C)NCc1cc([N+](=O)[O-])c(F)cc1F. The Morgan fingerprint density at radius 2 is 2.00 bits per heavy atom. The maximum absolute atomic E-state index is 13.5. The van der Waals surface area contributed by atoms with Gasteiger partial charge < -0.3 is 10.4 Å². The van der Waals surface area contributed by atoms with Crippen LogP contribution in [0.5, 0.6) is 0 Å². The first-order valence-corrected chi connectivity index (χ1v) is 5.85. The van der Waals surface area contributed by atoms with Crippen LogP contribution in [0.4, 0.5) is 14.5 Å². The van der Waals surface area contributed by atoms with Crippen molar-refractivity contribution in [2.24, 2.45) is 0 Å². The van der Waals surface area contributed by atoms with Gasteiger partial charge in [-0.25, -0.2) is 4.39 Å². The number of benzene rings is 1. The molecule has 0 heterocycles. The van der Waals surface area contributed by atoms with Crippen LogP contribution >= 0.6 is 0 Å². The van der Waals surface area contributed by atoms with Gasteiger partial charge in [-0.2, -0.15) is 4.39 Å². The molecule has 0 radical (unpaired) electrons. The first-order valence-electron chi connectivity index (χ1n) is 5.85. The van der Waals surface area contributed by atoms with E-state index >= 15 is 0 Å². The summed E-state index contributed by atoms with van der Waals surface area (Å²) < 4.78 is 26.6. The molecule has 0 saturated carbocycles. The zero-order valence-corrected chi connectivity index (χ0v) is 10.7. The maximum Gasteiger partial charge on any atom is 0.305 e. The average Bonchev–Trinajstić information content (AvgIpc) is 2.26. The van der Waals surface area contributed by atoms with Crippen LogP contribution in [0.1, 0.15) is 25.8 Å². The molecule has 0 fully saturated rings. The largest absolute Gasteiger partial charge is 0.393 e. The van der Waals surface area contributed by atoms with Crippen molar-refractivity contribution in [3.05, 3.63) is 39.4 Å². The molecule has 0 aliphatic carbocycles. The van der Waals surface area contributed by atoms with E-state index in [4.69, 9.17) is 0 Å². The van der Waals surface area contributed by atoms with E-state index in [2.05, 4.69) is 5.32 Å². The van der Waals surface area contributed by atoms with Gasteiger partial charge in [0.25, 0.3) is 0 Å². The number of nitrogens with zero attached hydrogens (tertiary/aromatic N) is 1. The number of nitro groups is 1. The number of aliphatic hydroxyl groups excluding tert-OH is 1. The highest BCUT2D eigenvalue weighted by atomic mass is 19.1. The van der Waals surface area contributed by atoms with Gasteiger partial charge in [0.2, 0.25) is 5.82 Å². The number of nitro benzene ring substituents is 1. The Morgan fingerprint density at radius 1 is 1.37 bits per heavy atom. The summed E-state index contributed by atoms with van der Waals surface area (Å²) in [6.07, 6.45) is -0.0415. The fourth-order valence-corrected chi connectivity index (χ4v) is 1.74. The summed E-state index contributed by atoms with van der Waals surface area (Å²) in [5, 5.41) is 22.6. The van der Waals surface area contributed by atoms with E-state index in [9.17, 15) is 24.0 Å². The van der Waals surface area contributed by atoms with Gasteiger partial charge in [-0.3, -0.25) is 10.1 Å². The first-order chi connectivity index (χ1) is 8.81. The molecule has 19 heavy (non-hydrogen) atoms. The molecule has 0 aromatic heterocycles. The van der Waals surface area contributed by atoms with Gasteiger partial charge in [0.15, 0.2) is 0 Å². The third-order valence-electron chi connectivity index (χ3n) is 2.65. The molecule has 1 aromatic carbocycles. The summed E-state index contributed by atoms with van der Waals surface area (Å²) in [6, 6.07) is 1.30. The molecule has 5 nitrogen and oxygen atoms in total. The number of hydrogen-bond donors (Lipinski definition) is 2. The normalized spacial score (nSPS) is 14.2. The van der Waals surface area contributed by atoms with Crippen LogP contribution in [0.25, 0.3) is 0 Å². The summed E-state index contributed by atoms with van der Waals surface area (Å²) >= 11 is 0. The lowest BCUT2D eigenvalue weighted by molar-refractivity contribution is -0.387. The van der Waals surface area contributed by atoms with Crippen molar-refractivity contribution in [1.82, 2.24) is 5.32 Å². The highest BCUT2D eigenvalue weighted by Gasteiger charge is 2.18. The minimum Gasteiger partial charge on any atom is -0.393 e. The van der Waals surface area contributed by atoms with Gasteiger partial charge in [0.05, 0.1) is 11.0 Å². The van der Waals surface area contributed by atoms with E-state index in [1.54, 1.807) is 13.8 Å². The Hall–Kier alpha value is -1.60. The van der Waals surface area contributed by atoms with Crippen molar-refractivity contribution >= 4 is 5.69 Å². The third-order valence-corrected chi connectivity index (χ3v) is 2.65. The van der Waals surface area contributed by atoms with Crippen LogP contribution in [0, 0.1) is 21.7 Å². The third kappa shape index (κ3) is 4.53. The second-order valence-electron chi connectivity index (χ2n) is 4.52. The second-order valence-corrected chi connectivity index (χ2v) is 4.52. The quantitative estimate of drug-likeness (QED) is 0.615. The van der Waals surface area contributed by atoms with E-state index < -0.39 is 28.3 Å². The topological polar surface area (TPSA) is 75.4 Å². The molecule has 2 atom stereocenters. The second kappa shape index (κ2) is 6.53. The van der Waals surface area contributed by atoms with Gasteiger partial charge in [-0.05, 0) is 20.3 Å². The Labute approximate surface area is 109 Å². The summed E-state index contributed by atoms with van der Waals surface area (Å²) in [4.78, 5) is 9.67. The zero-order chi connectivity index (χ0) is 14.6. The van der Waals surface area contributed by atoms with E-state index in [0.29, 0.717) is 12.5 Å². The lowest BCUT2D eigenvalue weighted by Gasteiger charge is -2.15. The van der Waals surface area contributed by atoms with Crippen LogP contribution < -0.4 is 5.32 Å². The molecule has 1 aromatic rings. The first kappa shape index (κ1) is 15.5. The number of nitrogens with one attached hydrogen (secondary N) is 1. The summed E-state index contributed by atoms with van der Waals surface area (Å²) in [6.45, 7) is 3.45. The fraction of sp³-hybridized carbons (Fsp3) is 0.500. The lowest BCUT2D eigenvalue weighted by atomic mass is 10.1. The summed E-state index contributed by atoms with van der Waals surface area (Å²) in [7, 11) is 0. The molecule has 2 N–H and O–H groups in total. The van der Waals surface area contributed by atoms with Crippen LogP contribution in [0.2, 0.25) is 0 Å². The Kier molecular flexibility index (Phi) is 5.31. The number of halogens is 2. The minimum atomic E-state index is -1.19. The van der Waals surface area contributed by atoms with Crippen LogP contribution in [0.15, 0.2) is 12.1 Å². The Morgan fingerprint density at radius 3 is 2.53 bits per heavy atom. The molecule has 0 amide bonds. The van der Waals surface area contributed by atoms with Crippen molar-refractivity contribution < 1.29 is 18.8 Å². The molecule has 7 heteroatoms. The summed E-state index contributed by atoms with van der Waals surface area (Å²) in [5.41, 5.74) is -0.730. The molecule has 0 bridgehead atoms. The molecular weight excluding hydrogens is 258 g/mol. The van der Waals surface area contributed by atoms with Gasteiger partial charge in [0.1, 0.15) is 5.82 Å². The van der Waals surface area contributed by atoms with Crippen LogP contribution in [-0.2, 0) is 6.54 Å². The fourth-order valence-electron chi connectivity index (χ4n) is 1.74. The maximum atomic E-state index is 13.5. The molecule has 2 unspecified atom stereocenters. The Balaban J connectivity index is 2.78. The molecule has 0 aliphatic rings. The molecule has 106 valence electrons. The highest BCUT2D eigenvalue weighted by Crippen LogP contribution is 2.21. The van der Waals surface area contributed by atoms with Crippen LogP contribution in [-0.4, -0.2) is 22.2 Å². The molecule has 0 aliphatic heterocycles. The Bertz CT molecular complexity index is 467.